The summed E-state index contributed by atoms with van der Waals surface area (Å²) in [6.45, 7) is 1.56. The van der Waals surface area contributed by atoms with Crippen LogP contribution in [0.15, 0.2) is 47.4 Å². The Balaban J connectivity index is 2.05. The molecular weight excluding hydrogens is 383 g/mol. The van der Waals surface area contributed by atoms with Crippen LogP contribution in [0.5, 0.6) is 5.75 Å². The Hall–Kier alpha value is -2.16. The monoisotopic (exact) mass is 400 g/mol. The molecule has 9 heteroatoms. The Morgan fingerprint density at radius 1 is 1.23 bits per heavy atom. The molecule has 0 aliphatic carbocycles. The van der Waals surface area contributed by atoms with Crippen molar-refractivity contribution in [1.82, 2.24) is 10.0 Å². The zero-order chi connectivity index (χ0) is 19.3. The Bertz CT molecular complexity index is 888. The van der Waals surface area contributed by atoms with E-state index in [1.807, 2.05) is 0 Å². The van der Waals surface area contributed by atoms with Gasteiger partial charge < -0.3 is 10.1 Å². The van der Waals surface area contributed by atoms with E-state index in [0.29, 0.717) is 5.56 Å². The molecule has 0 aromatic heterocycles. The smallest absolute Gasteiger partial charge is 0.245 e. The molecule has 1 unspecified atom stereocenters. The van der Waals surface area contributed by atoms with Crippen LogP contribution in [0.1, 0.15) is 12.5 Å². The van der Waals surface area contributed by atoms with E-state index in [4.69, 9.17) is 16.3 Å². The Morgan fingerprint density at radius 3 is 2.50 bits per heavy atom. The fourth-order valence-electron chi connectivity index (χ4n) is 2.15. The van der Waals surface area contributed by atoms with Crippen LogP contribution in [-0.2, 0) is 21.4 Å². The van der Waals surface area contributed by atoms with Crippen molar-refractivity contribution in [1.29, 1.82) is 0 Å². The molecule has 0 radical (unpaired) electrons. The quantitative estimate of drug-likeness (QED) is 0.747. The molecule has 2 rings (SSSR count). The molecule has 2 aromatic carbocycles. The minimum absolute atomic E-state index is 0.112. The molecular formula is C17H18ClFN2O4S. The number of rotatable bonds is 7. The molecule has 140 valence electrons. The number of amides is 1. The van der Waals surface area contributed by atoms with Gasteiger partial charge in [-0.3, -0.25) is 4.79 Å². The highest BCUT2D eigenvalue weighted by atomic mass is 35.5. The first-order valence-electron chi connectivity index (χ1n) is 7.61. The highest BCUT2D eigenvalue weighted by Gasteiger charge is 2.25. The maximum Gasteiger partial charge on any atom is 0.245 e. The molecule has 26 heavy (non-hydrogen) atoms. The minimum Gasteiger partial charge on any atom is -0.495 e. The van der Waals surface area contributed by atoms with Crippen LogP contribution in [0.2, 0.25) is 5.02 Å². The molecule has 0 heterocycles. The fourth-order valence-corrected chi connectivity index (χ4v) is 3.79. The molecule has 0 saturated carbocycles. The number of nitrogens with one attached hydrogen (secondary N) is 2. The van der Waals surface area contributed by atoms with E-state index in [1.165, 1.54) is 56.5 Å². The summed E-state index contributed by atoms with van der Waals surface area (Å²) in [5.74, 6) is -0.795. The van der Waals surface area contributed by atoms with Crippen molar-refractivity contribution < 1.29 is 22.3 Å². The number of ether oxygens (including phenoxy) is 1. The number of carbonyl (C=O) groups excluding carboxylic acids is 1. The number of halogens is 2. The highest BCUT2D eigenvalue weighted by Crippen LogP contribution is 2.27. The summed E-state index contributed by atoms with van der Waals surface area (Å²) in [4.78, 5) is 12.0. The average Bonchev–Trinajstić information content (AvgIpc) is 2.60. The number of benzene rings is 2. The van der Waals surface area contributed by atoms with Gasteiger partial charge in [0.2, 0.25) is 15.9 Å². The van der Waals surface area contributed by atoms with Crippen molar-refractivity contribution in [3.63, 3.8) is 0 Å². The summed E-state index contributed by atoms with van der Waals surface area (Å²) in [5, 5.41) is 2.81. The van der Waals surface area contributed by atoms with Gasteiger partial charge in [0, 0.05) is 11.6 Å². The van der Waals surface area contributed by atoms with Crippen LogP contribution in [0.25, 0.3) is 0 Å². The fraction of sp³-hybridized carbons (Fsp3) is 0.235. The highest BCUT2D eigenvalue weighted by molar-refractivity contribution is 7.89. The van der Waals surface area contributed by atoms with Crippen LogP contribution >= 0.6 is 11.6 Å². The molecule has 0 spiro atoms. The first-order chi connectivity index (χ1) is 12.2. The SMILES string of the molecule is COc1ccc(Cl)cc1S(=O)(=O)NC(C)C(=O)NCc1ccc(F)cc1. The normalized spacial score (nSPS) is 12.5. The van der Waals surface area contributed by atoms with Crippen LogP contribution in [0.3, 0.4) is 0 Å². The first-order valence-corrected chi connectivity index (χ1v) is 9.47. The summed E-state index contributed by atoms with van der Waals surface area (Å²) in [5.41, 5.74) is 0.686. The predicted octanol–water partition coefficient (Wildman–Crippen LogP) is 2.47. The van der Waals surface area contributed by atoms with E-state index < -0.39 is 22.0 Å². The summed E-state index contributed by atoms with van der Waals surface area (Å²) < 4.78 is 45.2. The first kappa shape index (κ1) is 20.2. The second kappa shape index (κ2) is 8.48. The molecule has 0 aliphatic heterocycles. The third-order valence-corrected chi connectivity index (χ3v) is 5.32. The zero-order valence-corrected chi connectivity index (χ0v) is 15.7. The molecule has 0 aliphatic rings. The van der Waals surface area contributed by atoms with E-state index in [2.05, 4.69) is 10.0 Å². The van der Waals surface area contributed by atoms with Gasteiger partial charge in [-0.1, -0.05) is 23.7 Å². The summed E-state index contributed by atoms with van der Waals surface area (Å²) in [6, 6.07) is 8.74. The maximum atomic E-state index is 12.9. The number of hydrogen-bond donors (Lipinski definition) is 2. The summed E-state index contributed by atoms with van der Waals surface area (Å²) in [7, 11) is -2.69. The van der Waals surface area contributed by atoms with E-state index >= 15 is 0 Å². The number of sulfonamides is 1. The van der Waals surface area contributed by atoms with E-state index in [0.717, 1.165) is 0 Å². The van der Waals surface area contributed by atoms with Crippen molar-refractivity contribution in [2.24, 2.45) is 0 Å². The molecule has 1 amide bonds. The Labute approximate surface area is 156 Å². The number of hydrogen-bond acceptors (Lipinski definition) is 4. The van der Waals surface area contributed by atoms with Crippen molar-refractivity contribution in [3.8, 4) is 5.75 Å². The lowest BCUT2D eigenvalue weighted by atomic mass is 10.2. The van der Waals surface area contributed by atoms with Crippen molar-refractivity contribution in [3.05, 3.63) is 58.9 Å². The van der Waals surface area contributed by atoms with Crippen LogP contribution in [0, 0.1) is 5.82 Å². The average molecular weight is 401 g/mol. The minimum atomic E-state index is -4.03. The second-order valence-corrected chi connectivity index (χ2v) is 7.60. The standard InChI is InChI=1S/C17H18ClFN2O4S/c1-11(17(22)20-10-12-3-6-14(19)7-4-12)21-26(23,24)16-9-13(18)5-8-15(16)25-2/h3-9,11,21H,10H2,1-2H3,(H,20,22). The van der Waals surface area contributed by atoms with E-state index in [1.54, 1.807) is 0 Å². The number of methoxy groups -OCH3 is 1. The van der Waals surface area contributed by atoms with Crippen LogP contribution in [-0.4, -0.2) is 27.5 Å². The van der Waals surface area contributed by atoms with Crippen LogP contribution < -0.4 is 14.8 Å². The molecule has 2 N–H and O–H groups in total. The van der Waals surface area contributed by atoms with Gasteiger partial charge in [-0.25, -0.2) is 12.8 Å². The lowest BCUT2D eigenvalue weighted by molar-refractivity contribution is -0.122. The molecule has 1 atom stereocenters. The van der Waals surface area contributed by atoms with Gasteiger partial charge in [-0.15, -0.1) is 0 Å². The lowest BCUT2D eigenvalue weighted by Gasteiger charge is -2.16. The van der Waals surface area contributed by atoms with Gasteiger partial charge in [0.05, 0.1) is 13.2 Å². The summed E-state index contributed by atoms with van der Waals surface area (Å²) in [6.07, 6.45) is 0. The molecule has 0 fully saturated rings. The van der Waals surface area contributed by atoms with Gasteiger partial charge in [-0.2, -0.15) is 4.72 Å². The Kier molecular flexibility index (Phi) is 6.57. The number of carbonyl (C=O) groups is 1. The second-order valence-electron chi connectivity index (χ2n) is 5.48. The van der Waals surface area contributed by atoms with Crippen molar-refractivity contribution >= 4 is 27.5 Å². The van der Waals surface area contributed by atoms with Crippen molar-refractivity contribution in [2.75, 3.05) is 7.11 Å². The third-order valence-electron chi connectivity index (χ3n) is 3.52. The van der Waals surface area contributed by atoms with Gasteiger partial charge in [0.1, 0.15) is 16.5 Å². The third kappa shape index (κ3) is 5.17. The van der Waals surface area contributed by atoms with E-state index in [9.17, 15) is 17.6 Å². The van der Waals surface area contributed by atoms with E-state index in [-0.39, 0.29) is 28.0 Å². The summed E-state index contributed by atoms with van der Waals surface area (Å²) >= 11 is 5.85. The zero-order valence-electron chi connectivity index (χ0n) is 14.1. The van der Waals surface area contributed by atoms with Gasteiger partial charge in [-0.05, 0) is 42.8 Å². The van der Waals surface area contributed by atoms with Gasteiger partial charge in [0.15, 0.2) is 0 Å². The topological polar surface area (TPSA) is 84.5 Å². The van der Waals surface area contributed by atoms with Gasteiger partial charge in [0.25, 0.3) is 0 Å². The molecule has 0 saturated heterocycles. The largest absolute Gasteiger partial charge is 0.495 e. The molecule has 2 aromatic rings. The van der Waals surface area contributed by atoms with Crippen molar-refractivity contribution in [2.45, 2.75) is 24.4 Å². The van der Waals surface area contributed by atoms with Crippen LogP contribution in [0.4, 0.5) is 4.39 Å². The molecule has 0 bridgehead atoms. The Morgan fingerprint density at radius 2 is 1.88 bits per heavy atom. The molecule has 6 nitrogen and oxygen atoms in total. The van der Waals surface area contributed by atoms with Gasteiger partial charge >= 0.3 is 0 Å². The lowest BCUT2D eigenvalue weighted by Crippen LogP contribution is -2.44. The maximum absolute atomic E-state index is 12.9. The predicted molar refractivity (Wildman–Crippen MR) is 96.0 cm³/mol.